The van der Waals surface area contributed by atoms with Crippen LogP contribution in [0.1, 0.15) is 29.5 Å². The predicted octanol–water partition coefficient (Wildman–Crippen LogP) is 2.69. The predicted molar refractivity (Wildman–Crippen MR) is 129 cm³/mol. The summed E-state index contributed by atoms with van der Waals surface area (Å²) in [6.45, 7) is 6.49. The topological polar surface area (TPSA) is 79.0 Å². The highest BCUT2D eigenvalue weighted by Gasteiger charge is 2.31. The fourth-order valence-corrected chi connectivity index (χ4v) is 6.10. The molecule has 178 valence electrons. The van der Waals surface area contributed by atoms with Gasteiger partial charge in [0, 0.05) is 44.3 Å². The Morgan fingerprint density at radius 2 is 1.67 bits per heavy atom. The highest BCUT2D eigenvalue weighted by molar-refractivity contribution is 7.88. The van der Waals surface area contributed by atoms with Crippen molar-refractivity contribution in [2.45, 2.75) is 32.1 Å². The van der Waals surface area contributed by atoms with E-state index in [1.54, 1.807) is 0 Å². The lowest BCUT2D eigenvalue weighted by Crippen LogP contribution is -2.43. The molecule has 7 nitrogen and oxygen atoms in total. The third-order valence-electron chi connectivity index (χ3n) is 6.60. The van der Waals surface area contributed by atoms with Crippen molar-refractivity contribution in [1.29, 1.82) is 0 Å². The van der Waals surface area contributed by atoms with Crippen LogP contribution in [-0.4, -0.2) is 58.0 Å². The molecule has 0 atom stereocenters. The maximum Gasteiger partial charge on any atom is 0.223 e. The maximum atomic E-state index is 12.9. The van der Waals surface area contributed by atoms with Crippen LogP contribution in [0, 0.1) is 12.8 Å². The van der Waals surface area contributed by atoms with Crippen LogP contribution < -0.4 is 10.2 Å². The SMILES string of the molecule is Cc1ccccc1CS(=O)(=O)N1CCC(C(=O)NCc2ccc(N3CCOCC3)cc2)CC1. The molecule has 2 aliphatic heterocycles. The van der Waals surface area contributed by atoms with E-state index in [0.717, 1.165) is 43.0 Å². The number of piperidine rings is 1. The number of carbonyl (C=O) groups excluding carboxylic acids is 1. The maximum absolute atomic E-state index is 12.9. The molecular weight excluding hydrogens is 438 g/mol. The van der Waals surface area contributed by atoms with Gasteiger partial charge >= 0.3 is 0 Å². The normalized spacial score (nSPS) is 18.3. The van der Waals surface area contributed by atoms with Gasteiger partial charge in [0.05, 0.1) is 19.0 Å². The number of rotatable bonds is 7. The molecule has 2 aromatic rings. The molecule has 2 aromatic carbocycles. The molecule has 1 N–H and O–H groups in total. The third-order valence-corrected chi connectivity index (χ3v) is 8.42. The highest BCUT2D eigenvalue weighted by Crippen LogP contribution is 2.23. The van der Waals surface area contributed by atoms with Crippen molar-refractivity contribution in [3.8, 4) is 0 Å². The van der Waals surface area contributed by atoms with Gasteiger partial charge in [-0.2, -0.15) is 0 Å². The Kier molecular flexibility index (Phi) is 7.67. The first-order valence-electron chi connectivity index (χ1n) is 11.6. The lowest BCUT2D eigenvalue weighted by Gasteiger charge is -2.30. The van der Waals surface area contributed by atoms with Gasteiger partial charge in [-0.15, -0.1) is 0 Å². The standard InChI is InChI=1S/C25H33N3O4S/c1-20-4-2-3-5-23(20)19-33(30,31)28-12-10-22(11-13-28)25(29)26-18-21-6-8-24(9-7-21)27-14-16-32-17-15-27/h2-9,22H,10-19H2,1H3,(H,26,29). The molecule has 33 heavy (non-hydrogen) atoms. The van der Waals surface area contributed by atoms with E-state index in [-0.39, 0.29) is 17.6 Å². The van der Waals surface area contributed by atoms with E-state index in [1.807, 2.05) is 43.3 Å². The number of carbonyl (C=O) groups is 1. The number of anilines is 1. The van der Waals surface area contributed by atoms with E-state index >= 15 is 0 Å². The number of hydrogen-bond acceptors (Lipinski definition) is 5. The van der Waals surface area contributed by atoms with Crippen LogP contribution in [0.5, 0.6) is 0 Å². The summed E-state index contributed by atoms with van der Waals surface area (Å²) in [4.78, 5) is 15.0. The van der Waals surface area contributed by atoms with Crippen molar-refractivity contribution in [1.82, 2.24) is 9.62 Å². The van der Waals surface area contributed by atoms with E-state index in [9.17, 15) is 13.2 Å². The average molecular weight is 472 g/mol. The van der Waals surface area contributed by atoms with Crippen LogP contribution in [0.15, 0.2) is 48.5 Å². The molecule has 2 saturated heterocycles. The van der Waals surface area contributed by atoms with Gasteiger partial charge in [0.25, 0.3) is 0 Å². The quantitative estimate of drug-likeness (QED) is 0.672. The van der Waals surface area contributed by atoms with Crippen LogP contribution in [-0.2, 0) is 31.9 Å². The van der Waals surface area contributed by atoms with E-state index in [4.69, 9.17) is 4.74 Å². The minimum Gasteiger partial charge on any atom is -0.378 e. The Labute approximate surface area is 196 Å². The Morgan fingerprint density at radius 1 is 1.00 bits per heavy atom. The molecule has 0 spiro atoms. The summed E-state index contributed by atoms with van der Waals surface area (Å²) in [5.74, 6) is -0.137. The number of hydrogen-bond donors (Lipinski definition) is 1. The molecule has 2 fully saturated rings. The van der Waals surface area contributed by atoms with Gasteiger partial charge in [0.15, 0.2) is 0 Å². The number of benzene rings is 2. The van der Waals surface area contributed by atoms with Gasteiger partial charge in [0.2, 0.25) is 15.9 Å². The number of ether oxygens (including phenoxy) is 1. The molecule has 1 amide bonds. The van der Waals surface area contributed by atoms with Gasteiger partial charge in [-0.1, -0.05) is 36.4 Å². The van der Waals surface area contributed by atoms with Crippen LogP contribution in [0.3, 0.4) is 0 Å². The zero-order chi connectivity index (χ0) is 23.3. The largest absolute Gasteiger partial charge is 0.378 e. The number of morpholine rings is 1. The molecule has 0 radical (unpaired) electrons. The minimum atomic E-state index is -3.39. The van der Waals surface area contributed by atoms with Gasteiger partial charge in [-0.05, 0) is 48.6 Å². The second kappa shape index (κ2) is 10.7. The average Bonchev–Trinajstić information content (AvgIpc) is 2.85. The van der Waals surface area contributed by atoms with Crippen molar-refractivity contribution < 1.29 is 17.9 Å². The Balaban J connectivity index is 1.24. The molecule has 0 saturated carbocycles. The molecule has 0 unspecified atom stereocenters. The van der Waals surface area contributed by atoms with Gasteiger partial charge in [-0.25, -0.2) is 12.7 Å². The number of sulfonamides is 1. The summed E-state index contributed by atoms with van der Waals surface area (Å²) in [5, 5.41) is 3.03. The van der Waals surface area contributed by atoms with Gasteiger partial charge in [0.1, 0.15) is 0 Å². The summed E-state index contributed by atoms with van der Waals surface area (Å²) >= 11 is 0. The molecule has 2 aliphatic rings. The molecule has 0 aromatic heterocycles. The summed E-state index contributed by atoms with van der Waals surface area (Å²) in [7, 11) is -3.39. The first kappa shape index (κ1) is 23.7. The van der Waals surface area contributed by atoms with Crippen LogP contribution in [0.2, 0.25) is 0 Å². The second-order valence-corrected chi connectivity index (χ2v) is 10.8. The summed E-state index contributed by atoms with van der Waals surface area (Å²) < 4.78 is 32.6. The van der Waals surface area contributed by atoms with E-state index in [0.29, 0.717) is 32.5 Å². The summed E-state index contributed by atoms with van der Waals surface area (Å²) in [6.07, 6.45) is 1.10. The molecular formula is C25H33N3O4S. The Bertz CT molecular complexity index is 1040. The first-order valence-corrected chi connectivity index (χ1v) is 13.2. The van der Waals surface area contributed by atoms with Crippen LogP contribution in [0.4, 0.5) is 5.69 Å². The van der Waals surface area contributed by atoms with Crippen molar-refractivity contribution in [2.75, 3.05) is 44.3 Å². The number of nitrogens with one attached hydrogen (secondary N) is 1. The van der Waals surface area contributed by atoms with Gasteiger partial charge < -0.3 is 15.0 Å². The smallest absolute Gasteiger partial charge is 0.223 e. The van der Waals surface area contributed by atoms with E-state index in [1.165, 1.54) is 9.99 Å². The van der Waals surface area contributed by atoms with Crippen molar-refractivity contribution in [3.63, 3.8) is 0 Å². The monoisotopic (exact) mass is 471 g/mol. The van der Waals surface area contributed by atoms with Gasteiger partial charge in [-0.3, -0.25) is 4.79 Å². The molecule has 4 rings (SSSR count). The van der Waals surface area contributed by atoms with Crippen LogP contribution >= 0.6 is 0 Å². The molecule has 2 heterocycles. The number of nitrogens with zero attached hydrogens (tertiary/aromatic N) is 2. The van der Waals surface area contributed by atoms with E-state index < -0.39 is 10.0 Å². The van der Waals surface area contributed by atoms with Crippen molar-refractivity contribution in [2.24, 2.45) is 5.92 Å². The van der Waals surface area contributed by atoms with Crippen LogP contribution in [0.25, 0.3) is 0 Å². The highest BCUT2D eigenvalue weighted by atomic mass is 32.2. The van der Waals surface area contributed by atoms with E-state index in [2.05, 4.69) is 22.3 Å². The number of amides is 1. The summed E-state index contributed by atoms with van der Waals surface area (Å²) in [6, 6.07) is 15.8. The number of aryl methyl sites for hydroxylation is 1. The second-order valence-electron chi connectivity index (χ2n) is 8.84. The third kappa shape index (κ3) is 6.13. The first-order chi connectivity index (χ1) is 15.9. The summed E-state index contributed by atoms with van der Waals surface area (Å²) in [5.41, 5.74) is 4.04. The molecule has 8 heteroatoms. The molecule has 0 bridgehead atoms. The molecule has 0 aliphatic carbocycles. The Morgan fingerprint density at radius 3 is 2.33 bits per heavy atom. The fourth-order valence-electron chi connectivity index (χ4n) is 4.44. The zero-order valence-corrected chi connectivity index (χ0v) is 20.0. The Hall–Kier alpha value is -2.42. The van der Waals surface area contributed by atoms with Crippen molar-refractivity contribution in [3.05, 3.63) is 65.2 Å². The lowest BCUT2D eigenvalue weighted by molar-refractivity contribution is -0.126. The lowest BCUT2D eigenvalue weighted by atomic mass is 9.97. The fraction of sp³-hybridized carbons (Fsp3) is 0.480. The zero-order valence-electron chi connectivity index (χ0n) is 19.2. The van der Waals surface area contributed by atoms with Crippen molar-refractivity contribution >= 4 is 21.6 Å². The minimum absolute atomic E-state index is 0.00297.